The zero-order chi connectivity index (χ0) is 23.2. The summed E-state index contributed by atoms with van der Waals surface area (Å²) >= 11 is 0. The normalized spacial score (nSPS) is 40.5. The summed E-state index contributed by atoms with van der Waals surface area (Å²) in [5, 5.41) is 0. The first-order valence-electron chi connectivity index (χ1n) is 13.0. The van der Waals surface area contributed by atoms with Crippen molar-refractivity contribution in [1.82, 2.24) is 9.80 Å². The molecular weight excluding hydrogens is 420 g/mol. The first kappa shape index (κ1) is 23.6. The van der Waals surface area contributed by atoms with Gasteiger partial charge in [0, 0.05) is 39.2 Å². The highest BCUT2D eigenvalue weighted by atomic mass is 16.6. The molecule has 3 unspecified atom stereocenters. The molecule has 4 heterocycles. The van der Waals surface area contributed by atoms with E-state index in [1.165, 1.54) is 5.57 Å². The fourth-order valence-electron chi connectivity index (χ4n) is 6.36. The van der Waals surface area contributed by atoms with E-state index >= 15 is 0 Å². The van der Waals surface area contributed by atoms with E-state index in [9.17, 15) is 4.79 Å². The second kappa shape index (κ2) is 9.14. The number of amides is 1. The Balaban J connectivity index is 1.06. The molecule has 186 valence electrons. The molecule has 0 aromatic rings. The molecule has 0 aromatic heterocycles. The van der Waals surface area contributed by atoms with Crippen molar-refractivity contribution in [3.63, 3.8) is 0 Å². The van der Waals surface area contributed by atoms with Crippen molar-refractivity contribution in [2.75, 3.05) is 46.4 Å². The van der Waals surface area contributed by atoms with Crippen LogP contribution in [0.2, 0.25) is 0 Å². The molecule has 6 atom stereocenters. The zero-order valence-corrected chi connectivity index (χ0v) is 20.9. The Kier molecular flexibility index (Phi) is 6.53. The summed E-state index contributed by atoms with van der Waals surface area (Å²) in [6, 6.07) is 0. The Labute approximate surface area is 198 Å². The van der Waals surface area contributed by atoms with E-state index in [4.69, 9.17) is 18.9 Å². The SMILES string of the molecule is CO[C@H]1CCN(CCC2CN(C(=O)OC3CCC4(CO4)C([C@@]4(C)O[C@@H]4CC=C(C)C)C3)C2)C1. The minimum absolute atomic E-state index is 0.0305. The van der Waals surface area contributed by atoms with Crippen LogP contribution in [0.25, 0.3) is 0 Å². The fraction of sp³-hybridized carbons (Fsp3) is 0.885. The zero-order valence-electron chi connectivity index (χ0n) is 20.9. The Hall–Kier alpha value is -1.15. The van der Waals surface area contributed by atoms with Gasteiger partial charge < -0.3 is 28.7 Å². The van der Waals surface area contributed by atoms with Gasteiger partial charge in [0.05, 0.1) is 30.0 Å². The van der Waals surface area contributed by atoms with Crippen LogP contribution < -0.4 is 0 Å². The summed E-state index contributed by atoms with van der Waals surface area (Å²) in [4.78, 5) is 17.1. The van der Waals surface area contributed by atoms with E-state index in [-0.39, 0.29) is 29.5 Å². The van der Waals surface area contributed by atoms with E-state index in [0.29, 0.717) is 17.9 Å². The van der Waals surface area contributed by atoms with Crippen LogP contribution in [0.1, 0.15) is 59.3 Å². The quantitative estimate of drug-likeness (QED) is 0.405. The number of hydrogen-bond acceptors (Lipinski definition) is 6. The molecule has 5 rings (SSSR count). The van der Waals surface area contributed by atoms with Gasteiger partial charge >= 0.3 is 6.09 Å². The van der Waals surface area contributed by atoms with Crippen molar-refractivity contribution in [2.24, 2.45) is 11.8 Å². The van der Waals surface area contributed by atoms with E-state index in [1.807, 2.05) is 4.90 Å². The number of nitrogens with zero attached hydrogens (tertiary/aromatic N) is 2. The van der Waals surface area contributed by atoms with E-state index < -0.39 is 0 Å². The van der Waals surface area contributed by atoms with Crippen LogP contribution in [0.5, 0.6) is 0 Å². The van der Waals surface area contributed by atoms with Crippen LogP contribution in [0.3, 0.4) is 0 Å². The number of epoxide rings is 2. The minimum Gasteiger partial charge on any atom is -0.446 e. The lowest BCUT2D eigenvalue weighted by molar-refractivity contribution is -0.0232. The highest BCUT2D eigenvalue weighted by Crippen LogP contribution is 2.59. The number of allylic oxidation sites excluding steroid dienone is 1. The Morgan fingerprint density at radius 3 is 2.64 bits per heavy atom. The topological polar surface area (TPSA) is 67.1 Å². The maximum absolute atomic E-state index is 12.8. The van der Waals surface area contributed by atoms with Gasteiger partial charge in [0.25, 0.3) is 0 Å². The summed E-state index contributed by atoms with van der Waals surface area (Å²) in [6.45, 7) is 12.2. The van der Waals surface area contributed by atoms with Crippen LogP contribution in [-0.4, -0.2) is 91.8 Å². The van der Waals surface area contributed by atoms with Gasteiger partial charge in [-0.05, 0) is 71.8 Å². The first-order chi connectivity index (χ1) is 15.8. The molecule has 7 heteroatoms. The summed E-state index contributed by atoms with van der Waals surface area (Å²) in [6.07, 6.45) is 8.67. The lowest BCUT2D eigenvalue weighted by Crippen LogP contribution is -2.52. The third-order valence-corrected chi connectivity index (χ3v) is 8.85. The van der Waals surface area contributed by atoms with Crippen LogP contribution in [-0.2, 0) is 18.9 Å². The maximum Gasteiger partial charge on any atom is 0.410 e. The van der Waals surface area contributed by atoms with Gasteiger partial charge in [-0.25, -0.2) is 4.79 Å². The third kappa shape index (κ3) is 4.97. The fourth-order valence-corrected chi connectivity index (χ4v) is 6.36. The molecule has 33 heavy (non-hydrogen) atoms. The van der Waals surface area contributed by atoms with E-state index in [0.717, 1.165) is 77.9 Å². The highest BCUT2D eigenvalue weighted by Gasteiger charge is 2.68. The largest absolute Gasteiger partial charge is 0.446 e. The van der Waals surface area contributed by atoms with Gasteiger partial charge in [0.1, 0.15) is 6.10 Å². The first-order valence-corrected chi connectivity index (χ1v) is 13.0. The van der Waals surface area contributed by atoms with Crippen molar-refractivity contribution in [3.8, 4) is 0 Å². The van der Waals surface area contributed by atoms with Gasteiger partial charge in [-0.1, -0.05) is 11.6 Å². The maximum atomic E-state index is 12.8. The molecular formula is C26H42N2O5. The smallest absolute Gasteiger partial charge is 0.410 e. The number of methoxy groups -OCH3 is 1. The van der Waals surface area contributed by atoms with Crippen molar-refractivity contribution >= 4 is 6.09 Å². The van der Waals surface area contributed by atoms with Gasteiger partial charge in [-0.15, -0.1) is 0 Å². The number of ether oxygens (including phenoxy) is 4. The minimum atomic E-state index is -0.160. The molecule has 7 nitrogen and oxygen atoms in total. The number of carbonyl (C=O) groups is 1. The lowest BCUT2D eigenvalue weighted by Gasteiger charge is -2.41. The van der Waals surface area contributed by atoms with Crippen molar-refractivity contribution in [3.05, 3.63) is 11.6 Å². The molecule has 4 saturated heterocycles. The van der Waals surface area contributed by atoms with Gasteiger partial charge in [0.2, 0.25) is 0 Å². The summed E-state index contributed by atoms with van der Waals surface area (Å²) in [7, 11) is 1.80. The molecule has 5 aliphatic rings. The van der Waals surface area contributed by atoms with Gasteiger partial charge in [-0.2, -0.15) is 0 Å². The third-order valence-electron chi connectivity index (χ3n) is 8.85. The molecule has 0 radical (unpaired) electrons. The summed E-state index contributed by atoms with van der Waals surface area (Å²) < 4.78 is 23.6. The molecule has 0 bridgehead atoms. The van der Waals surface area contributed by atoms with Crippen LogP contribution in [0.15, 0.2) is 11.6 Å². The molecule has 1 aliphatic carbocycles. The number of rotatable bonds is 8. The van der Waals surface area contributed by atoms with Crippen molar-refractivity contribution in [1.29, 1.82) is 0 Å². The molecule has 4 aliphatic heterocycles. The second-order valence-corrected chi connectivity index (χ2v) is 11.5. The molecule has 0 aromatic carbocycles. The summed E-state index contributed by atoms with van der Waals surface area (Å²) in [5.74, 6) is 0.892. The molecule has 1 spiro atoms. The van der Waals surface area contributed by atoms with E-state index in [2.05, 4.69) is 31.7 Å². The monoisotopic (exact) mass is 462 g/mol. The van der Waals surface area contributed by atoms with Gasteiger partial charge in [-0.3, -0.25) is 0 Å². The molecule has 1 saturated carbocycles. The van der Waals surface area contributed by atoms with Crippen LogP contribution in [0, 0.1) is 11.8 Å². The molecule has 0 N–H and O–H groups in total. The summed E-state index contributed by atoms with van der Waals surface area (Å²) in [5.41, 5.74) is 1.12. The average molecular weight is 463 g/mol. The lowest BCUT2D eigenvalue weighted by atomic mass is 9.70. The Morgan fingerprint density at radius 2 is 1.97 bits per heavy atom. The van der Waals surface area contributed by atoms with E-state index in [1.54, 1.807) is 7.11 Å². The van der Waals surface area contributed by atoms with Crippen LogP contribution >= 0.6 is 0 Å². The Bertz CT molecular complexity index is 758. The molecule has 1 amide bonds. The number of hydrogen-bond donors (Lipinski definition) is 0. The number of likely N-dealkylation sites (tertiary alicyclic amines) is 2. The highest BCUT2D eigenvalue weighted by molar-refractivity contribution is 5.68. The number of carbonyl (C=O) groups excluding carboxylic acids is 1. The second-order valence-electron chi connectivity index (χ2n) is 11.5. The van der Waals surface area contributed by atoms with Gasteiger partial charge in [0.15, 0.2) is 0 Å². The standard InChI is InChI=1S/C26H42N2O5/c1-18(2)5-6-23-25(3,33-23)22-13-20(7-10-26(22)17-31-26)32-24(29)28-14-19(15-28)8-11-27-12-9-21(16-27)30-4/h5,19-23H,6-17H2,1-4H3/t20?,21-,22?,23+,25+,26?/m0/s1. The van der Waals surface area contributed by atoms with Crippen molar-refractivity contribution < 1.29 is 23.7 Å². The molecule has 5 fully saturated rings. The average Bonchev–Trinajstić information content (AvgIpc) is 3.61. The van der Waals surface area contributed by atoms with Crippen LogP contribution in [0.4, 0.5) is 4.79 Å². The van der Waals surface area contributed by atoms with Crippen molar-refractivity contribution in [2.45, 2.75) is 88.8 Å². The predicted octanol–water partition coefficient (Wildman–Crippen LogP) is 3.62. The predicted molar refractivity (Wildman–Crippen MR) is 125 cm³/mol. The Morgan fingerprint density at radius 1 is 1.18 bits per heavy atom.